The molecular weight excluding hydrogens is 312 g/mol. The summed E-state index contributed by atoms with van der Waals surface area (Å²) >= 11 is 0. The number of hydrogen-bond acceptors (Lipinski definition) is 5. The van der Waals surface area contributed by atoms with Crippen molar-refractivity contribution >= 4 is 23.1 Å². The van der Waals surface area contributed by atoms with Crippen LogP contribution in [-0.4, -0.2) is 21.7 Å². The smallest absolute Gasteiger partial charge is 0.280 e. The van der Waals surface area contributed by atoms with E-state index in [2.05, 4.69) is 5.32 Å². The quantitative estimate of drug-likeness (QED) is 0.509. The van der Waals surface area contributed by atoms with E-state index in [1.54, 1.807) is 25.1 Å². The lowest BCUT2D eigenvalue weighted by atomic mass is 9.87. The Morgan fingerprint density at radius 2 is 2.00 bits per heavy atom. The number of aryl methyl sites for hydroxylation is 1. The van der Waals surface area contributed by atoms with Crippen LogP contribution in [0.2, 0.25) is 0 Å². The van der Waals surface area contributed by atoms with Crippen molar-refractivity contribution in [2.24, 2.45) is 0 Å². The number of fused-ring (bicyclic) bond motifs is 1. The van der Waals surface area contributed by atoms with Crippen molar-refractivity contribution in [3.8, 4) is 0 Å². The summed E-state index contributed by atoms with van der Waals surface area (Å²) in [4.78, 5) is 35.1. The number of aliphatic hydroxyl groups is 1. The molecule has 1 heterocycles. The Balaban J connectivity index is 2.00. The first-order valence-corrected chi connectivity index (χ1v) is 7.24. The highest BCUT2D eigenvalue weighted by Crippen LogP contribution is 2.40. The molecule has 0 fully saturated rings. The number of Topliss-reactive ketones (excluding diaryl/α,β-unsaturated/α-hetero) is 1. The van der Waals surface area contributed by atoms with Crippen molar-refractivity contribution in [1.29, 1.82) is 0 Å². The van der Waals surface area contributed by atoms with Crippen LogP contribution >= 0.6 is 0 Å². The van der Waals surface area contributed by atoms with Crippen molar-refractivity contribution in [3.63, 3.8) is 0 Å². The zero-order valence-corrected chi connectivity index (χ0v) is 12.8. The maximum atomic E-state index is 12.5. The maximum Gasteiger partial charge on any atom is 0.280 e. The van der Waals surface area contributed by atoms with Gasteiger partial charge in [0.1, 0.15) is 0 Å². The monoisotopic (exact) mass is 326 g/mol. The lowest BCUT2D eigenvalue weighted by Crippen LogP contribution is -2.36. The Kier molecular flexibility index (Phi) is 3.65. The fourth-order valence-corrected chi connectivity index (χ4v) is 2.83. The molecule has 0 aromatic heterocycles. The Morgan fingerprint density at radius 3 is 2.71 bits per heavy atom. The van der Waals surface area contributed by atoms with E-state index >= 15 is 0 Å². The summed E-state index contributed by atoms with van der Waals surface area (Å²) in [6, 6.07) is 10.5. The van der Waals surface area contributed by atoms with Crippen LogP contribution in [0.15, 0.2) is 42.5 Å². The molecule has 7 nitrogen and oxygen atoms in total. The van der Waals surface area contributed by atoms with Crippen LogP contribution in [0, 0.1) is 17.0 Å². The van der Waals surface area contributed by atoms with Crippen molar-refractivity contribution in [2.75, 3.05) is 5.32 Å². The van der Waals surface area contributed by atoms with Gasteiger partial charge in [-0.15, -0.1) is 0 Å². The molecule has 24 heavy (non-hydrogen) atoms. The zero-order valence-electron chi connectivity index (χ0n) is 12.8. The fraction of sp³-hybridized carbons (Fsp3) is 0.176. The van der Waals surface area contributed by atoms with Crippen LogP contribution in [0.3, 0.4) is 0 Å². The highest BCUT2D eigenvalue weighted by Gasteiger charge is 2.47. The molecular formula is C17H14N2O5. The maximum absolute atomic E-state index is 12.5. The van der Waals surface area contributed by atoms with Crippen molar-refractivity contribution < 1.29 is 19.6 Å². The number of para-hydroxylation sites is 1. The van der Waals surface area contributed by atoms with Gasteiger partial charge in [0.05, 0.1) is 16.9 Å². The number of benzene rings is 2. The minimum absolute atomic E-state index is 0.134. The van der Waals surface area contributed by atoms with E-state index in [0.717, 1.165) is 5.56 Å². The van der Waals surface area contributed by atoms with E-state index < -0.39 is 28.6 Å². The lowest BCUT2D eigenvalue weighted by Gasteiger charge is -2.20. The molecule has 0 unspecified atom stereocenters. The third-order valence-electron chi connectivity index (χ3n) is 4.06. The number of hydrogen-bond donors (Lipinski definition) is 2. The summed E-state index contributed by atoms with van der Waals surface area (Å²) in [6.45, 7) is 1.80. The summed E-state index contributed by atoms with van der Waals surface area (Å²) in [6.07, 6.45) is -0.569. The number of carbonyl (C=O) groups excluding carboxylic acids is 2. The molecule has 0 bridgehead atoms. The highest BCUT2D eigenvalue weighted by molar-refractivity contribution is 6.10. The molecule has 0 spiro atoms. The topological polar surface area (TPSA) is 110 Å². The third-order valence-corrected chi connectivity index (χ3v) is 4.06. The zero-order chi connectivity index (χ0) is 17.5. The second kappa shape index (κ2) is 5.54. The molecule has 122 valence electrons. The number of nitrogens with zero attached hydrogens (tertiary/aromatic N) is 1. The van der Waals surface area contributed by atoms with Crippen molar-refractivity contribution in [2.45, 2.75) is 18.9 Å². The Bertz CT molecular complexity index is 877. The number of rotatable bonds is 4. The van der Waals surface area contributed by atoms with Crippen LogP contribution in [0.1, 0.15) is 27.9 Å². The average molecular weight is 326 g/mol. The Morgan fingerprint density at radius 1 is 1.29 bits per heavy atom. The van der Waals surface area contributed by atoms with Gasteiger partial charge in [-0.2, -0.15) is 0 Å². The van der Waals surface area contributed by atoms with Gasteiger partial charge in [-0.1, -0.05) is 29.8 Å². The molecule has 7 heteroatoms. The summed E-state index contributed by atoms with van der Waals surface area (Å²) in [5.74, 6) is -1.38. The summed E-state index contributed by atoms with van der Waals surface area (Å²) < 4.78 is 0. The molecule has 3 rings (SSSR count). The van der Waals surface area contributed by atoms with E-state index in [4.69, 9.17) is 0 Å². The van der Waals surface area contributed by atoms with Crippen LogP contribution < -0.4 is 5.32 Å². The standard InChI is InChI=1S/C17H14N2O5/c1-10-6-7-13-12(8-10)17(22,16(21)18-13)9-15(20)11-4-2-3-5-14(11)19(23)24/h2-8,22H,9H2,1H3,(H,18,21)/t17-/m0/s1. The van der Waals surface area contributed by atoms with E-state index in [1.165, 1.54) is 24.3 Å². The second-order valence-corrected chi connectivity index (χ2v) is 5.74. The molecule has 0 saturated carbocycles. The van der Waals surface area contributed by atoms with Gasteiger partial charge in [-0.25, -0.2) is 0 Å². The van der Waals surface area contributed by atoms with E-state index in [9.17, 15) is 24.8 Å². The second-order valence-electron chi connectivity index (χ2n) is 5.74. The van der Waals surface area contributed by atoms with Crippen molar-refractivity contribution in [1.82, 2.24) is 0 Å². The summed E-state index contributed by atoms with van der Waals surface area (Å²) in [5, 5.41) is 24.4. The van der Waals surface area contributed by atoms with Gasteiger partial charge in [0.25, 0.3) is 11.6 Å². The van der Waals surface area contributed by atoms with E-state index in [-0.39, 0.29) is 11.3 Å². The summed E-state index contributed by atoms with van der Waals surface area (Å²) in [5.41, 5.74) is -0.967. The van der Waals surface area contributed by atoms with Crippen molar-refractivity contribution in [3.05, 3.63) is 69.3 Å². The number of anilines is 1. The molecule has 1 aliphatic heterocycles. The Labute approximate surface area is 137 Å². The number of nitrogens with one attached hydrogen (secondary N) is 1. The molecule has 1 aliphatic rings. The molecule has 2 aromatic rings. The number of ketones is 1. The number of nitro groups is 1. The Hall–Kier alpha value is -3.06. The first kappa shape index (κ1) is 15.8. The minimum atomic E-state index is -2.04. The molecule has 2 aromatic carbocycles. The van der Waals surface area contributed by atoms with E-state index in [0.29, 0.717) is 11.3 Å². The van der Waals surface area contributed by atoms with Gasteiger partial charge in [-0.3, -0.25) is 19.7 Å². The van der Waals surface area contributed by atoms with Gasteiger partial charge < -0.3 is 10.4 Å². The molecule has 0 aliphatic carbocycles. The van der Waals surface area contributed by atoms with Crippen LogP contribution in [-0.2, 0) is 10.4 Å². The average Bonchev–Trinajstić information content (AvgIpc) is 2.78. The first-order valence-electron chi connectivity index (χ1n) is 7.24. The first-order chi connectivity index (χ1) is 11.3. The molecule has 0 saturated heterocycles. The van der Waals surface area contributed by atoms with Crippen LogP contribution in [0.25, 0.3) is 0 Å². The SMILES string of the molecule is Cc1ccc2c(c1)[C@@](O)(CC(=O)c1ccccc1[N+](=O)[O-])C(=O)N2. The predicted molar refractivity (Wildman–Crippen MR) is 85.7 cm³/mol. The number of nitro benzene ring substituents is 1. The highest BCUT2D eigenvalue weighted by atomic mass is 16.6. The van der Waals surface area contributed by atoms with Crippen LogP contribution in [0.4, 0.5) is 11.4 Å². The largest absolute Gasteiger partial charge is 0.375 e. The van der Waals surface area contributed by atoms with Crippen LogP contribution in [0.5, 0.6) is 0 Å². The fourth-order valence-electron chi connectivity index (χ4n) is 2.83. The van der Waals surface area contributed by atoms with Gasteiger partial charge in [-0.05, 0) is 19.1 Å². The normalized spacial score (nSPS) is 18.8. The van der Waals surface area contributed by atoms with E-state index in [1.807, 2.05) is 0 Å². The molecule has 1 amide bonds. The molecule has 0 radical (unpaired) electrons. The van der Waals surface area contributed by atoms with Gasteiger partial charge in [0.2, 0.25) is 0 Å². The van der Waals surface area contributed by atoms with Gasteiger partial charge in [0.15, 0.2) is 11.4 Å². The van der Waals surface area contributed by atoms with Gasteiger partial charge >= 0.3 is 0 Å². The molecule has 1 atom stereocenters. The third kappa shape index (κ3) is 2.44. The molecule has 2 N–H and O–H groups in total. The predicted octanol–water partition coefficient (Wildman–Crippen LogP) is 2.32. The number of amides is 1. The minimum Gasteiger partial charge on any atom is -0.375 e. The lowest BCUT2D eigenvalue weighted by molar-refractivity contribution is -0.385. The van der Waals surface area contributed by atoms with Gasteiger partial charge in [0, 0.05) is 17.3 Å². The summed E-state index contributed by atoms with van der Waals surface area (Å²) in [7, 11) is 0. The number of carbonyl (C=O) groups is 2.